The van der Waals surface area contributed by atoms with E-state index >= 15 is 0 Å². The smallest absolute Gasteiger partial charge is 0.145 e. The van der Waals surface area contributed by atoms with Crippen molar-refractivity contribution in [1.82, 2.24) is 10.2 Å². The molecular weight excluding hydrogens is 194 g/mol. The van der Waals surface area contributed by atoms with Crippen molar-refractivity contribution in [1.29, 1.82) is 0 Å². The number of nitrogens with two attached hydrogens (primary N) is 1. The van der Waals surface area contributed by atoms with Crippen molar-refractivity contribution in [3.05, 3.63) is 30.3 Å². The van der Waals surface area contributed by atoms with E-state index in [1.807, 2.05) is 18.2 Å². The van der Waals surface area contributed by atoms with Gasteiger partial charge in [-0.2, -0.15) is 5.10 Å². The molecule has 1 aromatic carbocycles. The fourth-order valence-electron chi connectivity index (χ4n) is 1.28. The van der Waals surface area contributed by atoms with E-state index in [0.717, 1.165) is 11.3 Å². The monoisotopic (exact) mass is 205 g/mol. The third-order valence-corrected chi connectivity index (χ3v) is 2.70. The van der Waals surface area contributed by atoms with Crippen molar-refractivity contribution in [3.63, 3.8) is 0 Å². The Morgan fingerprint density at radius 2 is 2.21 bits per heavy atom. The SMILES string of the molecule is CSc1cccc(-c2cc(N)n[nH]2)c1. The van der Waals surface area contributed by atoms with Gasteiger partial charge < -0.3 is 5.73 Å². The zero-order chi connectivity index (χ0) is 9.97. The molecule has 2 rings (SSSR count). The van der Waals surface area contributed by atoms with Crippen molar-refractivity contribution >= 4 is 17.6 Å². The van der Waals surface area contributed by atoms with Crippen molar-refractivity contribution in [2.24, 2.45) is 0 Å². The molecule has 0 amide bonds. The zero-order valence-corrected chi connectivity index (χ0v) is 8.64. The molecule has 4 heteroatoms. The molecule has 3 nitrogen and oxygen atoms in total. The number of nitrogen functional groups attached to an aromatic ring is 1. The number of aromatic nitrogens is 2. The van der Waals surface area contributed by atoms with Crippen LogP contribution in [0.3, 0.4) is 0 Å². The molecule has 3 N–H and O–H groups in total. The third kappa shape index (κ3) is 1.75. The van der Waals surface area contributed by atoms with Crippen LogP contribution in [0.1, 0.15) is 0 Å². The lowest BCUT2D eigenvalue weighted by molar-refractivity contribution is 1.10. The summed E-state index contributed by atoms with van der Waals surface area (Å²) in [6.07, 6.45) is 2.06. The largest absolute Gasteiger partial charge is 0.382 e. The number of hydrogen-bond donors (Lipinski definition) is 2. The third-order valence-electron chi connectivity index (χ3n) is 1.98. The van der Waals surface area contributed by atoms with Crippen LogP contribution in [0.25, 0.3) is 11.3 Å². The van der Waals surface area contributed by atoms with Crippen LogP contribution in [0.2, 0.25) is 0 Å². The molecule has 1 aromatic heterocycles. The van der Waals surface area contributed by atoms with Crippen LogP contribution in [0.15, 0.2) is 35.2 Å². The van der Waals surface area contributed by atoms with Gasteiger partial charge in [-0.25, -0.2) is 0 Å². The Bertz CT molecular complexity index is 436. The molecule has 0 fully saturated rings. The summed E-state index contributed by atoms with van der Waals surface area (Å²) < 4.78 is 0. The highest BCUT2D eigenvalue weighted by molar-refractivity contribution is 7.98. The molecule has 0 aliphatic rings. The Labute approximate surface area is 86.7 Å². The van der Waals surface area contributed by atoms with Gasteiger partial charge in [0.05, 0.1) is 5.69 Å². The molecule has 14 heavy (non-hydrogen) atoms. The van der Waals surface area contributed by atoms with Crippen LogP contribution < -0.4 is 5.73 Å². The topological polar surface area (TPSA) is 54.7 Å². The van der Waals surface area contributed by atoms with E-state index in [-0.39, 0.29) is 0 Å². The van der Waals surface area contributed by atoms with Crippen molar-refractivity contribution in [3.8, 4) is 11.3 Å². The van der Waals surface area contributed by atoms with E-state index in [9.17, 15) is 0 Å². The molecule has 0 saturated heterocycles. The van der Waals surface area contributed by atoms with Crippen LogP contribution >= 0.6 is 11.8 Å². The molecule has 72 valence electrons. The van der Waals surface area contributed by atoms with Gasteiger partial charge in [-0.05, 0) is 18.4 Å². The lowest BCUT2D eigenvalue weighted by atomic mass is 10.1. The Morgan fingerprint density at radius 3 is 2.86 bits per heavy atom. The number of anilines is 1. The van der Waals surface area contributed by atoms with Crippen molar-refractivity contribution in [2.45, 2.75) is 4.90 Å². The average Bonchev–Trinajstić information content (AvgIpc) is 2.65. The lowest BCUT2D eigenvalue weighted by Crippen LogP contribution is -1.81. The molecule has 0 saturated carbocycles. The maximum absolute atomic E-state index is 5.54. The van der Waals surface area contributed by atoms with Gasteiger partial charge >= 0.3 is 0 Å². The summed E-state index contributed by atoms with van der Waals surface area (Å²) >= 11 is 1.72. The van der Waals surface area contributed by atoms with Crippen molar-refractivity contribution < 1.29 is 0 Å². The number of rotatable bonds is 2. The predicted molar refractivity (Wildman–Crippen MR) is 60.2 cm³/mol. The average molecular weight is 205 g/mol. The molecule has 0 bridgehead atoms. The van der Waals surface area contributed by atoms with Gasteiger partial charge in [-0.1, -0.05) is 12.1 Å². The number of nitrogens with one attached hydrogen (secondary N) is 1. The summed E-state index contributed by atoms with van der Waals surface area (Å²) in [6, 6.07) is 10.1. The van der Waals surface area contributed by atoms with Crippen LogP contribution in [0.5, 0.6) is 0 Å². The summed E-state index contributed by atoms with van der Waals surface area (Å²) in [6.45, 7) is 0. The Kier molecular flexibility index (Phi) is 2.45. The number of benzene rings is 1. The molecule has 0 radical (unpaired) electrons. The molecule has 0 spiro atoms. The minimum atomic E-state index is 0.523. The maximum Gasteiger partial charge on any atom is 0.145 e. The first kappa shape index (κ1) is 9.15. The lowest BCUT2D eigenvalue weighted by Gasteiger charge is -1.99. The highest BCUT2D eigenvalue weighted by Crippen LogP contribution is 2.23. The van der Waals surface area contributed by atoms with E-state index in [0.29, 0.717) is 5.82 Å². The number of thioether (sulfide) groups is 1. The highest BCUT2D eigenvalue weighted by atomic mass is 32.2. The summed E-state index contributed by atoms with van der Waals surface area (Å²) in [5, 5.41) is 6.78. The summed E-state index contributed by atoms with van der Waals surface area (Å²) in [5.74, 6) is 0.523. The maximum atomic E-state index is 5.54. The van der Waals surface area contributed by atoms with E-state index in [4.69, 9.17) is 5.73 Å². The number of nitrogens with zero attached hydrogens (tertiary/aromatic N) is 1. The minimum Gasteiger partial charge on any atom is -0.382 e. The molecule has 1 heterocycles. The number of H-pyrrole nitrogens is 1. The summed E-state index contributed by atoms with van der Waals surface area (Å²) in [5.41, 5.74) is 7.61. The second-order valence-electron chi connectivity index (χ2n) is 2.94. The Morgan fingerprint density at radius 1 is 1.36 bits per heavy atom. The van der Waals surface area contributed by atoms with Gasteiger partial charge in [0.15, 0.2) is 0 Å². The van der Waals surface area contributed by atoms with Gasteiger partial charge in [0.2, 0.25) is 0 Å². The van der Waals surface area contributed by atoms with Gasteiger partial charge in [-0.15, -0.1) is 11.8 Å². The zero-order valence-electron chi connectivity index (χ0n) is 7.82. The fourth-order valence-corrected chi connectivity index (χ4v) is 1.74. The first-order chi connectivity index (χ1) is 6.79. The van der Waals surface area contributed by atoms with E-state index in [1.165, 1.54) is 4.90 Å². The molecule has 0 aliphatic heterocycles. The normalized spacial score (nSPS) is 10.4. The molecule has 0 unspecified atom stereocenters. The molecule has 2 aromatic rings. The first-order valence-electron chi connectivity index (χ1n) is 4.25. The number of aromatic amines is 1. The van der Waals surface area contributed by atoms with Gasteiger partial charge in [-0.3, -0.25) is 5.10 Å². The van der Waals surface area contributed by atoms with Gasteiger partial charge in [0.1, 0.15) is 5.82 Å². The van der Waals surface area contributed by atoms with Crippen LogP contribution in [0, 0.1) is 0 Å². The van der Waals surface area contributed by atoms with Crippen LogP contribution in [0.4, 0.5) is 5.82 Å². The van der Waals surface area contributed by atoms with Crippen LogP contribution in [-0.4, -0.2) is 16.5 Å². The summed E-state index contributed by atoms with van der Waals surface area (Å²) in [7, 11) is 0. The van der Waals surface area contributed by atoms with E-state index in [1.54, 1.807) is 11.8 Å². The van der Waals surface area contributed by atoms with Gasteiger partial charge in [0.25, 0.3) is 0 Å². The second kappa shape index (κ2) is 3.75. The Hall–Kier alpha value is -1.42. The van der Waals surface area contributed by atoms with E-state index in [2.05, 4.69) is 28.6 Å². The Balaban J connectivity index is 2.41. The highest BCUT2D eigenvalue weighted by Gasteiger charge is 2.01. The summed E-state index contributed by atoms with van der Waals surface area (Å²) in [4.78, 5) is 1.23. The van der Waals surface area contributed by atoms with Crippen molar-refractivity contribution in [2.75, 3.05) is 12.0 Å². The quantitative estimate of drug-likeness (QED) is 0.740. The predicted octanol–water partition coefficient (Wildman–Crippen LogP) is 2.38. The standard InChI is InChI=1S/C10H11N3S/c1-14-8-4-2-3-7(5-8)9-6-10(11)13-12-9/h2-6H,1H3,(H3,11,12,13). The minimum absolute atomic E-state index is 0.523. The second-order valence-corrected chi connectivity index (χ2v) is 3.82. The number of hydrogen-bond acceptors (Lipinski definition) is 3. The van der Waals surface area contributed by atoms with E-state index < -0.39 is 0 Å². The molecule has 0 atom stereocenters. The fraction of sp³-hybridized carbons (Fsp3) is 0.100. The first-order valence-corrected chi connectivity index (χ1v) is 5.47. The van der Waals surface area contributed by atoms with Crippen LogP contribution in [-0.2, 0) is 0 Å². The molecular formula is C10H11N3S. The van der Waals surface area contributed by atoms with Gasteiger partial charge in [0, 0.05) is 16.5 Å². The molecule has 0 aliphatic carbocycles.